The number of aromatic nitrogens is 2. The molecule has 4 rings (SSSR count). The number of aliphatic hydroxyl groups excluding tert-OH is 2. The van der Waals surface area contributed by atoms with Gasteiger partial charge in [-0.3, -0.25) is 0 Å². The lowest BCUT2D eigenvalue weighted by Crippen LogP contribution is -2.55. The second kappa shape index (κ2) is 7.76. The number of fused-ring (bicyclic) bond motifs is 1. The molecular formula is C21H23ClN4O3. The minimum Gasteiger partial charge on any atom is -0.394 e. The van der Waals surface area contributed by atoms with E-state index in [2.05, 4.69) is 15.0 Å². The van der Waals surface area contributed by atoms with E-state index in [4.69, 9.17) is 21.9 Å². The van der Waals surface area contributed by atoms with Crippen molar-refractivity contribution >= 4 is 17.3 Å². The van der Waals surface area contributed by atoms with Crippen molar-refractivity contribution in [2.24, 2.45) is 5.73 Å². The number of aliphatic hydroxyl groups is 2. The molecule has 0 unspecified atom stereocenters. The van der Waals surface area contributed by atoms with Crippen LogP contribution in [0.15, 0.2) is 40.9 Å². The summed E-state index contributed by atoms with van der Waals surface area (Å²) >= 11 is 6.22. The highest BCUT2D eigenvalue weighted by Gasteiger charge is 2.31. The normalized spacial score (nSPS) is 13.8. The van der Waals surface area contributed by atoms with E-state index in [0.717, 1.165) is 40.9 Å². The Balaban J connectivity index is 1.65. The monoisotopic (exact) mass is 414 g/mol. The summed E-state index contributed by atoms with van der Waals surface area (Å²) < 4.78 is 5.48. The number of benzene rings is 2. The fourth-order valence-electron chi connectivity index (χ4n) is 3.58. The minimum atomic E-state index is -1.05. The second-order valence-electron chi connectivity index (χ2n) is 7.54. The van der Waals surface area contributed by atoms with Crippen LogP contribution in [0.1, 0.15) is 11.1 Å². The summed E-state index contributed by atoms with van der Waals surface area (Å²) in [5.41, 5.74) is 9.78. The van der Waals surface area contributed by atoms with Gasteiger partial charge in [0.2, 0.25) is 5.82 Å². The Labute approximate surface area is 173 Å². The third kappa shape index (κ3) is 3.74. The number of halogens is 1. The summed E-state index contributed by atoms with van der Waals surface area (Å²) in [5.74, 6) is 0.926. The molecule has 1 aromatic heterocycles. The molecule has 0 atom stereocenters. The van der Waals surface area contributed by atoms with Gasteiger partial charge in [0.15, 0.2) is 0 Å². The molecule has 0 saturated carbocycles. The van der Waals surface area contributed by atoms with Crippen LogP contribution >= 0.6 is 11.6 Å². The van der Waals surface area contributed by atoms with E-state index in [1.165, 1.54) is 0 Å². The maximum Gasteiger partial charge on any atom is 0.258 e. The van der Waals surface area contributed by atoms with Gasteiger partial charge >= 0.3 is 0 Å². The van der Waals surface area contributed by atoms with Crippen molar-refractivity contribution in [2.75, 3.05) is 31.2 Å². The van der Waals surface area contributed by atoms with Gasteiger partial charge in [0, 0.05) is 34.9 Å². The lowest BCUT2D eigenvalue weighted by Gasteiger charge is -2.31. The number of nitrogens with zero attached hydrogens (tertiary/aromatic N) is 3. The molecule has 0 saturated heterocycles. The average Bonchev–Trinajstić information content (AvgIpc) is 3.37. The molecule has 0 spiro atoms. The topological polar surface area (TPSA) is 109 Å². The zero-order valence-corrected chi connectivity index (χ0v) is 16.9. The van der Waals surface area contributed by atoms with Crippen LogP contribution < -0.4 is 10.6 Å². The fraction of sp³-hybridized carbons (Fsp3) is 0.333. The minimum absolute atomic E-state index is 0.289. The molecule has 0 aliphatic carbocycles. The number of rotatable bonds is 6. The van der Waals surface area contributed by atoms with Crippen molar-refractivity contribution < 1.29 is 14.7 Å². The summed E-state index contributed by atoms with van der Waals surface area (Å²) in [5, 5.41) is 23.9. The number of anilines is 1. The Bertz CT molecular complexity index is 1030. The first kappa shape index (κ1) is 19.8. The molecule has 0 radical (unpaired) electrons. The first-order valence-electron chi connectivity index (χ1n) is 9.42. The Morgan fingerprint density at radius 3 is 2.76 bits per heavy atom. The van der Waals surface area contributed by atoms with E-state index in [1.807, 2.05) is 43.3 Å². The van der Waals surface area contributed by atoms with Crippen molar-refractivity contribution in [3.05, 3.63) is 52.5 Å². The Morgan fingerprint density at radius 1 is 1.24 bits per heavy atom. The summed E-state index contributed by atoms with van der Waals surface area (Å²) in [6, 6.07) is 11.5. The van der Waals surface area contributed by atoms with Crippen molar-refractivity contribution in [3.8, 4) is 22.8 Å². The molecule has 0 bridgehead atoms. The average molecular weight is 415 g/mol. The van der Waals surface area contributed by atoms with Gasteiger partial charge in [-0.15, -0.1) is 0 Å². The quantitative estimate of drug-likeness (QED) is 0.568. The van der Waals surface area contributed by atoms with Crippen LogP contribution in [0.3, 0.4) is 0 Å². The van der Waals surface area contributed by atoms with Crippen LogP contribution in [0.25, 0.3) is 22.8 Å². The second-order valence-corrected chi connectivity index (χ2v) is 7.95. The lowest BCUT2D eigenvalue weighted by molar-refractivity contribution is 0.125. The molecule has 1 aliphatic rings. The van der Waals surface area contributed by atoms with Gasteiger partial charge in [0.1, 0.15) is 0 Å². The predicted octanol–water partition coefficient (Wildman–Crippen LogP) is 2.41. The van der Waals surface area contributed by atoms with Gasteiger partial charge in [-0.05, 0) is 42.7 Å². The number of nitrogens with two attached hydrogens (primary N) is 1. The van der Waals surface area contributed by atoms with Gasteiger partial charge in [-0.2, -0.15) is 4.98 Å². The van der Waals surface area contributed by atoms with Crippen LogP contribution in [-0.2, 0) is 6.42 Å². The van der Waals surface area contributed by atoms with Crippen molar-refractivity contribution in [1.82, 2.24) is 10.1 Å². The van der Waals surface area contributed by atoms with E-state index in [-0.39, 0.29) is 13.2 Å². The molecule has 1 aliphatic heterocycles. The molecule has 2 heterocycles. The summed E-state index contributed by atoms with van der Waals surface area (Å²) in [7, 11) is 0. The Hall–Kier alpha value is -2.45. The number of aryl methyl sites for hydroxylation is 1. The van der Waals surface area contributed by atoms with Crippen LogP contribution in [0.2, 0.25) is 5.02 Å². The fourth-order valence-corrected chi connectivity index (χ4v) is 3.76. The summed E-state index contributed by atoms with van der Waals surface area (Å²) in [6.07, 6.45) is 0.790. The summed E-state index contributed by atoms with van der Waals surface area (Å²) in [6.45, 7) is 2.46. The Morgan fingerprint density at radius 2 is 2.03 bits per heavy atom. The molecule has 2 aromatic carbocycles. The maximum atomic E-state index is 9.52. The van der Waals surface area contributed by atoms with E-state index in [9.17, 15) is 10.2 Å². The van der Waals surface area contributed by atoms with Crippen molar-refractivity contribution in [2.45, 2.75) is 18.9 Å². The van der Waals surface area contributed by atoms with Crippen LogP contribution in [-0.4, -0.2) is 52.2 Å². The predicted molar refractivity (Wildman–Crippen MR) is 112 cm³/mol. The van der Waals surface area contributed by atoms with Gasteiger partial charge < -0.3 is 25.4 Å². The molecule has 29 heavy (non-hydrogen) atoms. The van der Waals surface area contributed by atoms with E-state index < -0.39 is 5.54 Å². The smallest absolute Gasteiger partial charge is 0.258 e. The van der Waals surface area contributed by atoms with Gasteiger partial charge in [-0.25, -0.2) is 0 Å². The van der Waals surface area contributed by atoms with Crippen molar-refractivity contribution in [3.63, 3.8) is 0 Å². The molecular weight excluding hydrogens is 392 g/mol. The molecule has 3 aromatic rings. The SMILES string of the molecule is Cc1ccc(-c2nc(-c3cccc4c3CCN4CC(N)(CO)CO)no2)cc1Cl. The zero-order chi connectivity index (χ0) is 20.6. The Kier molecular flexibility index (Phi) is 5.31. The van der Waals surface area contributed by atoms with Gasteiger partial charge in [0.05, 0.1) is 18.8 Å². The van der Waals surface area contributed by atoms with Gasteiger partial charge in [-0.1, -0.05) is 35.0 Å². The first-order chi connectivity index (χ1) is 13.9. The molecule has 0 amide bonds. The van der Waals surface area contributed by atoms with E-state index in [0.29, 0.717) is 23.3 Å². The first-order valence-corrected chi connectivity index (χ1v) is 9.80. The van der Waals surface area contributed by atoms with Crippen LogP contribution in [0, 0.1) is 6.92 Å². The molecule has 8 heteroatoms. The third-order valence-corrected chi connectivity index (χ3v) is 5.75. The van der Waals surface area contributed by atoms with Crippen molar-refractivity contribution in [1.29, 1.82) is 0 Å². The maximum absolute atomic E-state index is 9.52. The van der Waals surface area contributed by atoms with Crippen LogP contribution in [0.5, 0.6) is 0 Å². The highest BCUT2D eigenvalue weighted by molar-refractivity contribution is 6.31. The number of hydrogen-bond acceptors (Lipinski definition) is 7. The largest absolute Gasteiger partial charge is 0.394 e. The molecule has 7 nitrogen and oxygen atoms in total. The molecule has 4 N–H and O–H groups in total. The molecule has 0 fully saturated rings. The number of hydrogen-bond donors (Lipinski definition) is 3. The highest BCUT2D eigenvalue weighted by Crippen LogP contribution is 2.36. The standard InChI is InChI=1S/C21H23ClN4O3/c1-13-5-6-14(9-17(13)22)20-24-19(25-29-20)16-3-2-4-18-15(16)7-8-26(18)10-21(23,11-27)12-28/h2-6,9,27-28H,7-8,10-12,23H2,1H3. The zero-order valence-electron chi connectivity index (χ0n) is 16.1. The van der Waals surface area contributed by atoms with Crippen LogP contribution in [0.4, 0.5) is 5.69 Å². The summed E-state index contributed by atoms with van der Waals surface area (Å²) in [4.78, 5) is 6.65. The lowest BCUT2D eigenvalue weighted by atomic mass is 10.0. The highest BCUT2D eigenvalue weighted by atomic mass is 35.5. The van der Waals surface area contributed by atoms with Gasteiger partial charge in [0.25, 0.3) is 5.89 Å². The van der Waals surface area contributed by atoms with E-state index >= 15 is 0 Å². The molecule has 152 valence electrons. The third-order valence-electron chi connectivity index (χ3n) is 5.34. The van der Waals surface area contributed by atoms with E-state index in [1.54, 1.807) is 0 Å².